The van der Waals surface area contributed by atoms with Crippen molar-refractivity contribution in [2.75, 3.05) is 11.9 Å². The van der Waals surface area contributed by atoms with Crippen LogP contribution >= 0.6 is 0 Å². The Balaban J connectivity index is 1.59. The zero-order chi connectivity index (χ0) is 19.0. The van der Waals surface area contributed by atoms with Crippen LogP contribution in [0.25, 0.3) is 21.8 Å². The summed E-state index contributed by atoms with van der Waals surface area (Å²) < 4.78 is 2.23. The maximum absolute atomic E-state index is 10.8. The predicted octanol–water partition coefficient (Wildman–Crippen LogP) is 5.19. The molecule has 3 heteroatoms. The third-order valence-electron chi connectivity index (χ3n) is 5.26. The van der Waals surface area contributed by atoms with Gasteiger partial charge in [0, 0.05) is 34.0 Å². The quantitative estimate of drug-likeness (QED) is 0.515. The van der Waals surface area contributed by atoms with Crippen LogP contribution in [0.5, 0.6) is 0 Å². The summed E-state index contributed by atoms with van der Waals surface area (Å²) in [4.78, 5) is 0. The van der Waals surface area contributed by atoms with Gasteiger partial charge in [-0.2, -0.15) is 0 Å². The van der Waals surface area contributed by atoms with E-state index in [1.807, 2.05) is 0 Å². The molecule has 0 unspecified atom stereocenters. The number of para-hydroxylation sites is 2. The molecule has 2 N–H and O–H groups in total. The standard InChI is InChI=1S/C24H26N2O/c1-16-12-17(2)24(18(3)13-16)25-14-19(27)15-26-22-10-6-4-8-20(22)21-9-5-7-11-23(21)26/h4-13,19,25,27H,14-15H2,1-3H3/t19-/m0/s1. The van der Waals surface area contributed by atoms with Crippen molar-refractivity contribution in [2.24, 2.45) is 0 Å². The number of aromatic nitrogens is 1. The maximum atomic E-state index is 10.8. The zero-order valence-electron chi connectivity index (χ0n) is 16.2. The average Bonchev–Trinajstić information content (AvgIpc) is 2.95. The smallest absolute Gasteiger partial charge is 0.0891 e. The Labute approximate surface area is 160 Å². The van der Waals surface area contributed by atoms with Gasteiger partial charge in [-0.25, -0.2) is 0 Å². The van der Waals surface area contributed by atoms with Crippen LogP contribution < -0.4 is 5.32 Å². The Bertz CT molecular complexity index is 1030. The summed E-state index contributed by atoms with van der Waals surface area (Å²) in [6.45, 7) is 7.42. The molecule has 1 aromatic heterocycles. The van der Waals surface area contributed by atoms with Crippen molar-refractivity contribution in [1.29, 1.82) is 0 Å². The van der Waals surface area contributed by atoms with Gasteiger partial charge in [0.1, 0.15) is 0 Å². The Kier molecular flexibility index (Phi) is 4.63. The number of hydrogen-bond acceptors (Lipinski definition) is 2. The highest BCUT2D eigenvalue weighted by Crippen LogP contribution is 2.29. The molecule has 4 aromatic rings. The number of aryl methyl sites for hydroxylation is 3. The first-order valence-corrected chi connectivity index (χ1v) is 9.50. The normalized spacial score (nSPS) is 12.6. The lowest BCUT2D eigenvalue weighted by Gasteiger charge is -2.18. The van der Waals surface area contributed by atoms with Crippen molar-refractivity contribution in [3.63, 3.8) is 0 Å². The average molecular weight is 358 g/mol. The number of anilines is 1. The first-order chi connectivity index (χ1) is 13.0. The number of rotatable bonds is 5. The number of aliphatic hydroxyl groups is 1. The third kappa shape index (κ3) is 3.31. The van der Waals surface area contributed by atoms with Crippen molar-refractivity contribution in [1.82, 2.24) is 4.57 Å². The van der Waals surface area contributed by atoms with Crippen molar-refractivity contribution in [3.8, 4) is 0 Å². The van der Waals surface area contributed by atoms with E-state index in [1.54, 1.807) is 0 Å². The molecular weight excluding hydrogens is 332 g/mol. The lowest BCUT2D eigenvalue weighted by atomic mass is 10.0. The molecule has 3 nitrogen and oxygen atoms in total. The van der Waals surface area contributed by atoms with E-state index in [0.717, 1.165) is 5.69 Å². The van der Waals surface area contributed by atoms with E-state index in [9.17, 15) is 5.11 Å². The molecule has 138 valence electrons. The molecule has 0 aliphatic heterocycles. The second-order valence-corrected chi connectivity index (χ2v) is 7.45. The highest BCUT2D eigenvalue weighted by Gasteiger charge is 2.14. The summed E-state index contributed by atoms with van der Waals surface area (Å²) in [5.41, 5.74) is 7.16. The molecule has 0 saturated heterocycles. The van der Waals surface area contributed by atoms with Crippen LogP contribution in [0.15, 0.2) is 60.7 Å². The summed E-state index contributed by atoms with van der Waals surface area (Å²) in [6.07, 6.45) is -0.482. The fourth-order valence-corrected chi connectivity index (χ4v) is 4.15. The largest absolute Gasteiger partial charge is 0.389 e. The van der Waals surface area contributed by atoms with E-state index in [4.69, 9.17) is 0 Å². The van der Waals surface area contributed by atoms with Crippen molar-refractivity contribution in [2.45, 2.75) is 33.4 Å². The van der Waals surface area contributed by atoms with Gasteiger partial charge in [0.25, 0.3) is 0 Å². The fraction of sp³-hybridized carbons (Fsp3) is 0.250. The summed E-state index contributed by atoms with van der Waals surface area (Å²) in [5, 5.41) is 16.7. The van der Waals surface area contributed by atoms with Crippen molar-refractivity contribution in [3.05, 3.63) is 77.4 Å². The van der Waals surface area contributed by atoms with E-state index >= 15 is 0 Å². The van der Waals surface area contributed by atoms with E-state index in [1.165, 1.54) is 38.5 Å². The van der Waals surface area contributed by atoms with E-state index in [2.05, 4.69) is 91.3 Å². The molecule has 0 radical (unpaired) electrons. The topological polar surface area (TPSA) is 37.2 Å². The molecule has 0 aliphatic carbocycles. The van der Waals surface area contributed by atoms with Crippen LogP contribution in [-0.4, -0.2) is 22.3 Å². The van der Waals surface area contributed by atoms with E-state index in [0.29, 0.717) is 13.1 Å². The number of fused-ring (bicyclic) bond motifs is 3. The van der Waals surface area contributed by atoms with Gasteiger partial charge in [-0.1, -0.05) is 54.1 Å². The van der Waals surface area contributed by atoms with Gasteiger partial charge >= 0.3 is 0 Å². The molecule has 4 rings (SSSR count). The number of aliphatic hydroxyl groups excluding tert-OH is 1. The molecule has 1 heterocycles. The van der Waals surface area contributed by atoms with Crippen LogP contribution in [0, 0.1) is 20.8 Å². The van der Waals surface area contributed by atoms with Crippen LogP contribution in [0.3, 0.4) is 0 Å². The third-order valence-corrected chi connectivity index (χ3v) is 5.26. The minimum atomic E-state index is -0.482. The number of nitrogens with one attached hydrogen (secondary N) is 1. The van der Waals surface area contributed by atoms with Crippen LogP contribution in [0.2, 0.25) is 0 Å². The monoisotopic (exact) mass is 358 g/mol. The number of nitrogens with zero attached hydrogens (tertiary/aromatic N) is 1. The van der Waals surface area contributed by atoms with Gasteiger partial charge in [0.2, 0.25) is 0 Å². The zero-order valence-corrected chi connectivity index (χ0v) is 16.2. The summed E-state index contributed by atoms with van der Waals surface area (Å²) in [7, 11) is 0. The molecule has 0 bridgehead atoms. The molecular formula is C24H26N2O. The molecule has 1 atom stereocenters. The minimum Gasteiger partial charge on any atom is -0.389 e. The molecule has 3 aromatic carbocycles. The molecule has 0 fully saturated rings. The Morgan fingerprint density at radius 3 is 1.93 bits per heavy atom. The Morgan fingerprint density at radius 2 is 1.37 bits per heavy atom. The van der Waals surface area contributed by atoms with Gasteiger partial charge in [-0.15, -0.1) is 0 Å². The van der Waals surface area contributed by atoms with Crippen molar-refractivity contribution < 1.29 is 5.11 Å². The van der Waals surface area contributed by atoms with Crippen molar-refractivity contribution >= 4 is 27.5 Å². The van der Waals surface area contributed by atoms with Crippen LogP contribution in [0.1, 0.15) is 16.7 Å². The Morgan fingerprint density at radius 1 is 0.852 bits per heavy atom. The molecule has 0 amide bonds. The fourth-order valence-electron chi connectivity index (χ4n) is 4.15. The summed E-state index contributed by atoms with van der Waals surface area (Å²) >= 11 is 0. The molecule has 0 spiro atoms. The second-order valence-electron chi connectivity index (χ2n) is 7.45. The first-order valence-electron chi connectivity index (χ1n) is 9.50. The van der Waals surface area contributed by atoms with E-state index in [-0.39, 0.29) is 0 Å². The minimum absolute atomic E-state index is 0.482. The SMILES string of the molecule is Cc1cc(C)c(NC[C@H](O)Cn2c3ccccc3c3ccccc32)c(C)c1. The van der Waals surface area contributed by atoms with Gasteiger partial charge in [-0.3, -0.25) is 0 Å². The van der Waals surface area contributed by atoms with Gasteiger partial charge in [0.05, 0.1) is 12.6 Å². The summed E-state index contributed by atoms with van der Waals surface area (Å²) in [5.74, 6) is 0. The van der Waals surface area contributed by atoms with Crippen LogP contribution in [-0.2, 0) is 6.54 Å². The molecule has 27 heavy (non-hydrogen) atoms. The first kappa shape index (κ1) is 17.6. The van der Waals surface area contributed by atoms with Gasteiger partial charge in [-0.05, 0) is 44.0 Å². The second kappa shape index (κ2) is 7.09. The molecule has 0 aliphatic rings. The molecule has 0 saturated carbocycles. The van der Waals surface area contributed by atoms with E-state index < -0.39 is 6.10 Å². The van der Waals surface area contributed by atoms with Gasteiger partial charge in [0.15, 0.2) is 0 Å². The predicted molar refractivity (Wildman–Crippen MR) is 115 cm³/mol. The highest BCUT2D eigenvalue weighted by atomic mass is 16.3. The lowest BCUT2D eigenvalue weighted by molar-refractivity contribution is 0.169. The lowest BCUT2D eigenvalue weighted by Crippen LogP contribution is -2.25. The number of hydrogen-bond donors (Lipinski definition) is 2. The van der Waals surface area contributed by atoms with Gasteiger partial charge < -0.3 is 15.0 Å². The summed E-state index contributed by atoms with van der Waals surface area (Å²) in [6, 6.07) is 21.2. The number of benzene rings is 3. The maximum Gasteiger partial charge on any atom is 0.0891 e. The highest BCUT2D eigenvalue weighted by molar-refractivity contribution is 6.07. The van der Waals surface area contributed by atoms with Crippen LogP contribution in [0.4, 0.5) is 5.69 Å². The Hall–Kier alpha value is -2.78.